The van der Waals surface area contributed by atoms with Gasteiger partial charge in [-0.3, -0.25) is 9.59 Å². The maximum absolute atomic E-state index is 14.0. The highest BCUT2D eigenvalue weighted by Gasteiger charge is 2.43. The molecule has 2 aromatic heterocycles. The van der Waals surface area contributed by atoms with E-state index < -0.39 is 24.3 Å². The van der Waals surface area contributed by atoms with Crippen molar-refractivity contribution in [2.45, 2.75) is 117 Å². The van der Waals surface area contributed by atoms with Gasteiger partial charge in [-0.25, -0.2) is 19.6 Å². The fourth-order valence-corrected chi connectivity index (χ4v) is 9.42. The largest absolute Gasteiger partial charge is 0.488 e. The normalized spacial score (nSPS) is 21.1. The fourth-order valence-electron chi connectivity index (χ4n) is 9.42. The molecule has 0 spiro atoms. The molecule has 7 atom stereocenters. The third-order valence-corrected chi connectivity index (χ3v) is 13.1. The van der Waals surface area contributed by atoms with E-state index in [2.05, 4.69) is 57.0 Å². The second kappa shape index (κ2) is 16.7. The van der Waals surface area contributed by atoms with Gasteiger partial charge in [0.2, 0.25) is 11.8 Å². The van der Waals surface area contributed by atoms with Crippen molar-refractivity contribution in [2.75, 3.05) is 14.2 Å². The van der Waals surface area contributed by atoms with E-state index in [-0.39, 0.29) is 47.8 Å². The molecular formula is C46H56N8O7. The molecule has 3 aromatic carbocycles. The first kappa shape index (κ1) is 41.6. The van der Waals surface area contributed by atoms with Crippen molar-refractivity contribution in [3.05, 3.63) is 65.9 Å². The molecule has 7 unspecified atom stereocenters. The highest BCUT2D eigenvalue weighted by molar-refractivity contribution is 6.07. The van der Waals surface area contributed by atoms with Crippen LogP contribution in [0.15, 0.2) is 48.7 Å². The summed E-state index contributed by atoms with van der Waals surface area (Å²) >= 11 is 0. The number of hydrogen-bond donors (Lipinski definition) is 4. The van der Waals surface area contributed by atoms with Gasteiger partial charge >= 0.3 is 12.2 Å². The SMILES string of the molecule is CCC(C)C(NC(=O)OC)C(=O)N1C(C)CCC1c1ncc(-c2ccc3c(c2)COc2cc4c(ccc5[nH]c(C6CCC(C)N6C(=O)C(NC(=O)OC)C(C)C)nc54)cc2-3)[nH]1. The summed E-state index contributed by atoms with van der Waals surface area (Å²) in [6.07, 6.45) is 4.43. The first-order valence-electron chi connectivity index (χ1n) is 21.4. The van der Waals surface area contributed by atoms with Gasteiger partial charge in [-0.05, 0) is 97.7 Å². The summed E-state index contributed by atoms with van der Waals surface area (Å²) in [6, 6.07) is 12.7. The average molecular weight is 833 g/mol. The van der Waals surface area contributed by atoms with Crippen molar-refractivity contribution in [2.24, 2.45) is 11.8 Å². The Bertz CT molecular complexity index is 2490. The van der Waals surface area contributed by atoms with E-state index in [9.17, 15) is 19.2 Å². The molecule has 0 bridgehead atoms. The Morgan fingerprint density at radius 3 is 2.13 bits per heavy atom. The van der Waals surface area contributed by atoms with Crippen LogP contribution in [0.1, 0.15) is 103 Å². The van der Waals surface area contributed by atoms with Crippen LogP contribution in [0.4, 0.5) is 9.59 Å². The number of hydrogen-bond acceptors (Lipinski definition) is 9. The van der Waals surface area contributed by atoms with Crippen LogP contribution in [0.3, 0.4) is 0 Å². The number of carbonyl (C=O) groups is 4. The fraction of sp³-hybridized carbons (Fsp3) is 0.478. The van der Waals surface area contributed by atoms with Gasteiger partial charge in [0, 0.05) is 23.0 Å². The molecule has 5 aromatic rings. The minimum Gasteiger partial charge on any atom is -0.488 e. The van der Waals surface area contributed by atoms with E-state index in [0.29, 0.717) is 18.3 Å². The molecule has 4 amide bonds. The summed E-state index contributed by atoms with van der Waals surface area (Å²) in [5, 5.41) is 7.48. The minimum atomic E-state index is -0.726. The van der Waals surface area contributed by atoms with Crippen LogP contribution >= 0.6 is 0 Å². The van der Waals surface area contributed by atoms with Gasteiger partial charge in [-0.2, -0.15) is 0 Å². The highest BCUT2D eigenvalue weighted by Crippen LogP contribution is 2.44. The van der Waals surface area contributed by atoms with Crippen LogP contribution in [0.25, 0.3) is 44.2 Å². The lowest BCUT2D eigenvalue weighted by molar-refractivity contribution is -0.138. The Kier molecular flexibility index (Phi) is 11.4. The molecule has 15 heteroatoms. The van der Waals surface area contributed by atoms with E-state index in [1.165, 1.54) is 14.2 Å². The molecule has 5 heterocycles. The highest BCUT2D eigenvalue weighted by atomic mass is 16.5. The zero-order valence-electron chi connectivity index (χ0n) is 36.1. The Labute approximate surface area is 355 Å². The Morgan fingerprint density at radius 2 is 1.48 bits per heavy atom. The standard InChI is InChI=1S/C46H56N8O7/c1-9-24(4)39(52-46(58)60-8)44(56)53-25(5)10-16-35(53)41-47-21-34(49-41)28-12-14-30-29(18-28)22-61-37-20-31-27(19-32(30)37)13-15-33-40(31)50-42(48-33)36-17-11-26(6)54(36)43(55)38(23(2)3)51-45(57)59-7/h12-15,18-21,23-26,35-36,38-39H,9-11,16-17,22H2,1-8H3,(H,47,49)(H,48,50)(H,51,57)(H,52,58). The molecule has 8 rings (SSSR count). The molecule has 322 valence electrons. The second-order valence-corrected chi connectivity index (χ2v) is 17.2. The first-order chi connectivity index (χ1) is 29.3. The number of aromatic amines is 2. The number of carbonyl (C=O) groups excluding carboxylic acids is 4. The molecule has 0 aliphatic carbocycles. The summed E-state index contributed by atoms with van der Waals surface area (Å²) in [5.74, 6) is 1.70. The van der Waals surface area contributed by atoms with Crippen molar-refractivity contribution in [1.82, 2.24) is 40.4 Å². The number of aromatic nitrogens is 4. The Balaban J connectivity index is 1.04. The smallest absolute Gasteiger partial charge is 0.407 e. The van der Waals surface area contributed by atoms with Gasteiger partial charge in [0.1, 0.15) is 36.1 Å². The average Bonchev–Trinajstić information content (AvgIpc) is 4.08. The van der Waals surface area contributed by atoms with Crippen molar-refractivity contribution in [3.63, 3.8) is 0 Å². The molecule has 15 nitrogen and oxygen atoms in total. The number of methoxy groups -OCH3 is 2. The summed E-state index contributed by atoms with van der Waals surface area (Å²) in [5.41, 5.74) is 6.59. The molecular weight excluding hydrogens is 777 g/mol. The summed E-state index contributed by atoms with van der Waals surface area (Å²) < 4.78 is 16.1. The molecule has 0 radical (unpaired) electrons. The van der Waals surface area contributed by atoms with Crippen molar-refractivity contribution in [1.29, 1.82) is 0 Å². The monoisotopic (exact) mass is 832 g/mol. The number of nitrogens with zero attached hydrogens (tertiary/aromatic N) is 4. The van der Waals surface area contributed by atoms with Crippen LogP contribution in [-0.2, 0) is 25.7 Å². The molecule has 0 saturated carbocycles. The second-order valence-electron chi connectivity index (χ2n) is 17.2. The third-order valence-electron chi connectivity index (χ3n) is 13.1. The lowest BCUT2D eigenvalue weighted by Crippen LogP contribution is -2.53. The van der Waals surface area contributed by atoms with Crippen molar-refractivity contribution in [3.8, 4) is 28.1 Å². The predicted molar refractivity (Wildman–Crippen MR) is 230 cm³/mol. The molecule has 3 aliphatic heterocycles. The number of amides is 4. The van der Waals surface area contributed by atoms with Gasteiger partial charge in [-0.15, -0.1) is 0 Å². The molecule has 2 saturated heterocycles. The van der Waals surface area contributed by atoms with Gasteiger partial charge in [-0.1, -0.05) is 52.3 Å². The molecule has 61 heavy (non-hydrogen) atoms. The lowest BCUT2D eigenvalue weighted by Gasteiger charge is -2.33. The Morgan fingerprint density at radius 1 is 0.820 bits per heavy atom. The number of imidazole rings is 2. The maximum atomic E-state index is 14.0. The minimum absolute atomic E-state index is 0.0155. The lowest BCUT2D eigenvalue weighted by atomic mass is 9.92. The Hall–Kier alpha value is -6.12. The number of benzene rings is 3. The maximum Gasteiger partial charge on any atom is 0.407 e. The molecule has 2 fully saturated rings. The van der Waals surface area contributed by atoms with E-state index in [4.69, 9.17) is 24.2 Å². The summed E-state index contributed by atoms with van der Waals surface area (Å²) in [7, 11) is 2.60. The number of H-pyrrole nitrogens is 2. The van der Waals surface area contributed by atoms with Crippen molar-refractivity contribution < 1.29 is 33.4 Å². The zero-order valence-corrected chi connectivity index (χ0v) is 36.1. The topological polar surface area (TPSA) is 184 Å². The number of ether oxygens (including phenoxy) is 3. The predicted octanol–water partition coefficient (Wildman–Crippen LogP) is 7.92. The van der Waals surface area contributed by atoms with E-state index in [1.807, 2.05) is 63.6 Å². The van der Waals surface area contributed by atoms with Gasteiger partial charge in [0.05, 0.1) is 49.2 Å². The third kappa shape index (κ3) is 7.63. The molecule has 4 N–H and O–H groups in total. The van der Waals surface area contributed by atoms with Gasteiger partial charge in [0.25, 0.3) is 0 Å². The number of likely N-dealkylation sites (tertiary alicyclic amines) is 2. The first-order valence-corrected chi connectivity index (χ1v) is 21.4. The van der Waals surface area contributed by atoms with Gasteiger partial charge < -0.3 is 44.6 Å². The summed E-state index contributed by atoms with van der Waals surface area (Å²) in [4.78, 5) is 73.0. The zero-order chi connectivity index (χ0) is 43.3. The van der Waals surface area contributed by atoms with E-state index in [0.717, 1.165) is 87.6 Å². The van der Waals surface area contributed by atoms with Gasteiger partial charge in [0.15, 0.2) is 0 Å². The molecule has 3 aliphatic rings. The van der Waals surface area contributed by atoms with Crippen LogP contribution in [0, 0.1) is 11.8 Å². The van der Waals surface area contributed by atoms with Crippen LogP contribution in [-0.4, -0.2) is 92.1 Å². The quantitative estimate of drug-likeness (QED) is 0.109. The number of nitrogens with one attached hydrogen (secondary N) is 4. The number of rotatable bonds is 10. The van der Waals surface area contributed by atoms with Crippen LogP contribution in [0.2, 0.25) is 0 Å². The number of alkyl carbamates (subject to hydrolysis) is 2. The summed E-state index contributed by atoms with van der Waals surface area (Å²) in [6.45, 7) is 12.2. The number of fused-ring (bicyclic) bond motifs is 6. The van der Waals surface area contributed by atoms with Crippen LogP contribution < -0.4 is 15.4 Å². The van der Waals surface area contributed by atoms with E-state index >= 15 is 0 Å². The van der Waals surface area contributed by atoms with E-state index in [1.54, 1.807) is 0 Å². The van der Waals surface area contributed by atoms with Crippen molar-refractivity contribution >= 4 is 45.8 Å². The van der Waals surface area contributed by atoms with Crippen LogP contribution in [0.5, 0.6) is 5.75 Å².